The number of hydrogen-bond acceptors (Lipinski definition) is 8. The van der Waals surface area contributed by atoms with Gasteiger partial charge in [0, 0.05) is 0 Å². The van der Waals surface area contributed by atoms with Gasteiger partial charge < -0.3 is 39.6 Å². The summed E-state index contributed by atoms with van der Waals surface area (Å²) in [7, 11) is 0. The topological polar surface area (TPSA) is 161 Å². The van der Waals surface area contributed by atoms with E-state index < -0.39 is 34.7 Å². The van der Waals surface area contributed by atoms with Crippen molar-refractivity contribution in [2.75, 3.05) is 0 Å². The molecule has 0 amide bonds. The van der Waals surface area contributed by atoms with Crippen molar-refractivity contribution in [2.45, 2.75) is 0 Å². The van der Waals surface area contributed by atoms with Gasteiger partial charge in [-0.25, -0.2) is 0 Å². The van der Waals surface area contributed by atoms with E-state index >= 15 is 0 Å². The number of aliphatic carboxylic acids is 4. The summed E-state index contributed by atoms with van der Waals surface area (Å²) in [4.78, 5) is 41.3. The fraction of sp³-hybridized carbons (Fsp3) is 0.143. The summed E-state index contributed by atoms with van der Waals surface area (Å²) in [5, 5.41) is 41.3. The molecule has 0 N–H and O–H groups in total. The van der Waals surface area contributed by atoms with Crippen molar-refractivity contribution in [2.24, 2.45) is 10.8 Å². The van der Waals surface area contributed by atoms with Gasteiger partial charge in [-0.05, 0) is 0 Å². The summed E-state index contributed by atoms with van der Waals surface area (Å²) < 4.78 is 0. The standard InChI is InChI=1S/2C7H6O4.2Mg/c2*8-5(9)7(6(10)11)3-1-2-4-7;;/h2*1-4H,(H,8,9)(H,10,11);;/q;;2*+2/p-4. The van der Waals surface area contributed by atoms with Crippen molar-refractivity contribution in [3.63, 3.8) is 0 Å². The van der Waals surface area contributed by atoms with E-state index in [4.69, 9.17) is 0 Å². The van der Waals surface area contributed by atoms with Gasteiger partial charge in [0.25, 0.3) is 0 Å². The van der Waals surface area contributed by atoms with E-state index in [-0.39, 0.29) is 46.1 Å². The van der Waals surface area contributed by atoms with E-state index in [0.717, 1.165) is 24.3 Å². The zero-order chi connectivity index (χ0) is 17.0. The minimum Gasteiger partial charge on any atom is -0.548 e. The summed E-state index contributed by atoms with van der Waals surface area (Å²) in [6.07, 6.45) is 9.35. The molecule has 0 aromatic rings. The molecule has 0 aromatic carbocycles. The summed E-state index contributed by atoms with van der Waals surface area (Å²) in [6.45, 7) is 0. The average molecular weight is 353 g/mol. The number of carboxylic acid groups (broad SMARTS) is 4. The van der Waals surface area contributed by atoms with E-state index in [9.17, 15) is 39.6 Å². The molecular weight excluding hydrogens is 345 g/mol. The molecule has 0 aliphatic heterocycles. The first-order chi connectivity index (χ1) is 10.2. The molecule has 0 unspecified atom stereocenters. The second-order valence-corrected chi connectivity index (χ2v) is 4.32. The van der Waals surface area contributed by atoms with Crippen LogP contribution >= 0.6 is 0 Å². The van der Waals surface area contributed by atoms with Crippen molar-refractivity contribution in [1.29, 1.82) is 0 Å². The molecule has 2 aliphatic carbocycles. The minimum absolute atomic E-state index is 0. The van der Waals surface area contributed by atoms with Gasteiger partial charge in [-0.2, -0.15) is 0 Å². The zero-order valence-corrected chi connectivity index (χ0v) is 15.1. The van der Waals surface area contributed by atoms with Gasteiger partial charge in [0.1, 0.15) is 0 Å². The van der Waals surface area contributed by atoms with Gasteiger partial charge in [-0.15, -0.1) is 0 Å². The van der Waals surface area contributed by atoms with E-state index in [2.05, 4.69) is 0 Å². The van der Waals surface area contributed by atoms with Crippen LogP contribution in [-0.2, 0) is 19.2 Å². The van der Waals surface area contributed by atoms with Gasteiger partial charge in [0.15, 0.2) is 0 Å². The molecule has 0 fully saturated rings. The molecule has 2 rings (SSSR count). The Morgan fingerprint density at radius 2 is 0.667 bits per heavy atom. The van der Waals surface area contributed by atoms with E-state index in [1.807, 2.05) is 0 Å². The summed E-state index contributed by atoms with van der Waals surface area (Å²) in [6, 6.07) is 0. The number of allylic oxidation sites excluding steroid dienone is 4. The number of rotatable bonds is 4. The predicted octanol–water partition coefficient (Wildman–Crippen LogP) is -5.56. The number of carbonyl (C=O) groups is 4. The Morgan fingerprint density at radius 3 is 0.750 bits per heavy atom. The summed E-state index contributed by atoms with van der Waals surface area (Å²) >= 11 is 0. The Labute approximate surface area is 168 Å². The third-order valence-electron chi connectivity index (χ3n) is 3.01. The first kappa shape index (κ1) is 24.6. The van der Waals surface area contributed by atoms with Crippen LogP contribution in [0.1, 0.15) is 0 Å². The quantitative estimate of drug-likeness (QED) is 0.357. The van der Waals surface area contributed by atoms with Crippen LogP contribution in [0.15, 0.2) is 48.6 Å². The smallest absolute Gasteiger partial charge is 0.548 e. The maximum absolute atomic E-state index is 10.3. The molecular formula is C14H8Mg2O8. The molecule has 116 valence electrons. The van der Waals surface area contributed by atoms with Crippen LogP contribution in [0.25, 0.3) is 0 Å². The molecule has 0 aromatic heterocycles. The maximum atomic E-state index is 10.3. The van der Waals surface area contributed by atoms with Crippen molar-refractivity contribution in [1.82, 2.24) is 0 Å². The van der Waals surface area contributed by atoms with Crippen molar-refractivity contribution in [3.8, 4) is 0 Å². The molecule has 8 nitrogen and oxygen atoms in total. The second-order valence-electron chi connectivity index (χ2n) is 4.32. The van der Waals surface area contributed by atoms with Gasteiger partial charge in [0.05, 0.1) is 34.7 Å². The molecule has 0 saturated heterocycles. The average Bonchev–Trinajstić information content (AvgIpc) is 3.10. The summed E-state index contributed by atoms with van der Waals surface area (Å²) in [5.41, 5.74) is -4.11. The van der Waals surface area contributed by atoms with Gasteiger partial charge >= 0.3 is 46.1 Å². The third-order valence-corrected chi connectivity index (χ3v) is 3.01. The monoisotopic (exact) mass is 352 g/mol. The van der Waals surface area contributed by atoms with Gasteiger partial charge in [0.2, 0.25) is 0 Å². The van der Waals surface area contributed by atoms with Crippen LogP contribution in [-0.4, -0.2) is 70.0 Å². The van der Waals surface area contributed by atoms with Crippen molar-refractivity contribution in [3.05, 3.63) is 48.6 Å². The summed E-state index contributed by atoms with van der Waals surface area (Å²) in [5.74, 6) is -6.71. The largest absolute Gasteiger partial charge is 2.00 e. The Morgan fingerprint density at radius 1 is 0.500 bits per heavy atom. The molecule has 0 spiro atoms. The van der Waals surface area contributed by atoms with E-state index in [1.54, 1.807) is 0 Å². The van der Waals surface area contributed by atoms with Gasteiger partial charge in [-0.1, -0.05) is 48.6 Å². The molecule has 0 bridgehead atoms. The van der Waals surface area contributed by atoms with Crippen LogP contribution in [0, 0.1) is 10.8 Å². The fourth-order valence-electron chi connectivity index (χ4n) is 1.65. The zero-order valence-electron chi connectivity index (χ0n) is 12.3. The van der Waals surface area contributed by atoms with E-state index in [0.29, 0.717) is 0 Å². The molecule has 10 heteroatoms. The molecule has 0 radical (unpaired) electrons. The molecule has 0 heterocycles. The minimum atomic E-state index is -2.06. The van der Waals surface area contributed by atoms with Crippen LogP contribution < -0.4 is 20.4 Å². The van der Waals surface area contributed by atoms with Gasteiger partial charge in [-0.3, -0.25) is 0 Å². The Balaban J connectivity index is 0. The van der Waals surface area contributed by atoms with Crippen LogP contribution in [0.5, 0.6) is 0 Å². The number of hydrogen-bond donors (Lipinski definition) is 0. The first-order valence-corrected chi connectivity index (χ1v) is 5.79. The third kappa shape index (κ3) is 4.69. The fourth-order valence-corrected chi connectivity index (χ4v) is 1.65. The van der Waals surface area contributed by atoms with Crippen molar-refractivity contribution < 1.29 is 39.6 Å². The van der Waals surface area contributed by atoms with Crippen molar-refractivity contribution >= 4 is 70.0 Å². The second kappa shape index (κ2) is 9.62. The Bertz CT molecular complexity index is 533. The van der Waals surface area contributed by atoms with Crippen LogP contribution in [0.3, 0.4) is 0 Å². The molecule has 0 saturated carbocycles. The molecule has 0 atom stereocenters. The number of carbonyl (C=O) groups excluding carboxylic acids is 4. The number of carboxylic acids is 4. The molecule has 24 heavy (non-hydrogen) atoms. The van der Waals surface area contributed by atoms with E-state index in [1.165, 1.54) is 24.3 Å². The van der Waals surface area contributed by atoms with Crippen LogP contribution in [0.4, 0.5) is 0 Å². The Hall–Kier alpha value is -1.63. The molecule has 2 aliphatic rings. The normalized spacial score (nSPS) is 17.0. The van der Waals surface area contributed by atoms with Crippen LogP contribution in [0.2, 0.25) is 0 Å². The Kier molecular flexibility index (Phi) is 9.87. The SMILES string of the molecule is O=C([O-])C1(C(=O)[O-])C=CC=C1.O=C([O-])C1(C(=O)[O-])C=CC=C1.[Mg+2].[Mg+2]. The first-order valence-electron chi connectivity index (χ1n) is 5.79. The maximum Gasteiger partial charge on any atom is 2.00 e. The predicted molar refractivity (Wildman–Crippen MR) is 73.0 cm³/mol.